The summed E-state index contributed by atoms with van der Waals surface area (Å²) >= 11 is 12.3. The summed E-state index contributed by atoms with van der Waals surface area (Å²) < 4.78 is 52.8. The Hall–Kier alpha value is -3.54. The highest BCUT2D eigenvalue weighted by Gasteiger charge is 2.33. The summed E-state index contributed by atoms with van der Waals surface area (Å²) in [5.41, 5.74) is 0.521. The van der Waals surface area contributed by atoms with Gasteiger partial charge in [0.2, 0.25) is 11.8 Å². The van der Waals surface area contributed by atoms with E-state index < -0.39 is 40.2 Å². The van der Waals surface area contributed by atoms with E-state index in [0.717, 1.165) is 16.4 Å². The van der Waals surface area contributed by atoms with E-state index in [-0.39, 0.29) is 27.9 Å². The Kier molecular flexibility index (Phi) is 10.2. The highest BCUT2D eigenvalue weighted by atomic mass is 35.5. The van der Waals surface area contributed by atoms with Gasteiger partial charge in [0.05, 0.1) is 24.8 Å². The Morgan fingerprint density at radius 3 is 2.20 bits per heavy atom. The third-order valence-electron chi connectivity index (χ3n) is 6.11. The Labute approximate surface area is 242 Å². The number of nitrogens with zero attached hydrogens (tertiary/aromatic N) is 2. The standard InChI is InChI=1S/C27H28Cl2FN3O6S/c1-17(27(35)31-2)32(15-18-5-6-19(28)13-23(18)29)26(34)16-33(21-9-7-20(30)8-10-21)40(36,37)22-11-12-24(38-3)25(14-22)39-4/h5-14,17H,15-16H2,1-4H3,(H,31,35)/t17-/m1/s1. The molecule has 0 saturated carbocycles. The first-order valence-electron chi connectivity index (χ1n) is 11.9. The van der Waals surface area contributed by atoms with Crippen LogP contribution in [0, 0.1) is 5.82 Å². The van der Waals surface area contributed by atoms with E-state index in [1.54, 1.807) is 12.1 Å². The third-order valence-corrected chi connectivity index (χ3v) is 8.46. The fourth-order valence-electron chi connectivity index (χ4n) is 3.87. The zero-order valence-corrected chi connectivity index (χ0v) is 24.5. The summed E-state index contributed by atoms with van der Waals surface area (Å²) in [6, 6.07) is 12.3. The number of methoxy groups -OCH3 is 2. The number of halogens is 3. The van der Waals surface area contributed by atoms with E-state index >= 15 is 0 Å². The van der Waals surface area contributed by atoms with Crippen molar-refractivity contribution in [3.05, 3.63) is 82.1 Å². The number of carbonyl (C=O) groups excluding carboxylic acids is 2. The molecule has 1 N–H and O–H groups in total. The van der Waals surface area contributed by atoms with Crippen molar-refractivity contribution in [1.29, 1.82) is 0 Å². The lowest BCUT2D eigenvalue weighted by atomic mass is 10.1. The average Bonchev–Trinajstić information content (AvgIpc) is 2.94. The minimum absolute atomic E-state index is 0.0293. The van der Waals surface area contributed by atoms with E-state index in [1.807, 2.05) is 0 Å². The van der Waals surface area contributed by atoms with Gasteiger partial charge < -0.3 is 19.7 Å². The lowest BCUT2D eigenvalue weighted by Crippen LogP contribution is -2.50. The second-order valence-corrected chi connectivity index (χ2v) is 11.3. The quantitative estimate of drug-likeness (QED) is 0.342. The second-order valence-electron chi connectivity index (χ2n) is 8.55. The molecular weight excluding hydrogens is 584 g/mol. The SMILES string of the molecule is CNC(=O)[C@@H](C)N(Cc1ccc(Cl)cc1Cl)C(=O)CN(c1ccc(F)cc1)S(=O)(=O)c1ccc(OC)c(OC)c1. The number of rotatable bonds is 11. The van der Waals surface area contributed by atoms with Gasteiger partial charge in [-0.3, -0.25) is 13.9 Å². The van der Waals surface area contributed by atoms with Crippen molar-refractivity contribution in [3.8, 4) is 11.5 Å². The summed E-state index contributed by atoms with van der Waals surface area (Å²) in [7, 11) is -0.224. The lowest BCUT2D eigenvalue weighted by Gasteiger charge is -2.32. The molecule has 0 bridgehead atoms. The highest BCUT2D eigenvalue weighted by Crippen LogP contribution is 2.32. The van der Waals surface area contributed by atoms with Gasteiger partial charge in [-0.15, -0.1) is 0 Å². The molecule has 13 heteroatoms. The maximum Gasteiger partial charge on any atom is 0.264 e. The van der Waals surface area contributed by atoms with E-state index in [1.165, 1.54) is 69.5 Å². The maximum absolute atomic E-state index is 13.9. The number of benzene rings is 3. The fourth-order valence-corrected chi connectivity index (χ4v) is 5.76. The van der Waals surface area contributed by atoms with Crippen LogP contribution in [0.2, 0.25) is 10.0 Å². The van der Waals surface area contributed by atoms with Crippen LogP contribution < -0.4 is 19.1 Å². The zero-order chi connectivity index (χ0) is 29.6. The van der Waals surface area contributed by atoms with Crippen LogP contribution in [-0.2, 0) is 26.2 Å². The first-order chi connectivity index (χ1) is 18.9. The zero-order valence-electron chi connectivity index (χ0n) is 22.2. The van der Waals surface area contributed by atoms with E-state index in [0.29, 0.717) is 16.3 Å². The lowest BCUT2D eigenvalue weighted by molar-refractivity contribution is -0.139. The summed E-state index contributed by atoms with van der Waals surface area (Å²) in [6.45, 7) is 0.678. The Morgan fingerprint density at radius 2 is 1.62 bits per heavy atom. The molecule has 0 aromatic heterocycles. The predicted octanol–water partition coefficient (Wildman–Crippen LogP) is 4.51. The van der Waals surface area contributed by atoms with Crippen molar-refractivity contribution >= 4 is 50.7 Å². The van der Waals surface area contributed by atoms with Crippen molar-refractivity contribution < 1.29 is 31.9 Å². The maximum atomic E-state index is 13.9. The molecule has 214 valence electrons. The van der Waals surface area contributed by atoms with Gasteiger partial charge in [0, 0.05) is 29.7 Å². The topological polar surface area (TPSA) is 105 Å². The van der Waals surface area contributed by atoms with Crippen LogP contribution >= 0.6 is 23.2 Å². The second kappa shape index (κ2) is 13.2. The number of likely N-dealkylation sites (N-methyl/N-ethyl adjacent to an activating group) is 1. The van der Waals surface area contributed by atoms with Gasteiger partial charge >= 0.3 is 0 Å². The van der Waals surface area contributed by atoms with Crippen LogP contribution in [-0.4, -0.2) is 59.0 Å². The van der Waals surface area contributed by atoms with Crippen LogP contribution in [0.25, 0.3) is 0 Å². The molecule has 9 nitrogen and oxygen atoms in total. The molecule has 0 spiro atoms. The molecule has 0 aliphatic rings. The highest BCUT2D eigenvalue weighted by molar-refractivity contribution is 7.92. The van der Waals surface area contributed by atoms with Gasteiger partial charge in [-0.2, -0.15) is 0 Å². The third kappa shape index (κ3) is 6.96. The van der Waals surface area contributed by atoms with E-state index in [2.05, 4.69) is 5.32 Å². The first-order valence-corrected chi connectivity index (χ1v) is 14.1. The van der Waals surface area contributed by atoms with Crippen molar-refractivity contribution in [1.82, 2.24) is 10.2 Å². The van der Waals surface area contributed by atoms with Crippen LogP contribution in [0.3, 0.4) is 0 Å². The van der Waals surface area contributed by atoms with Crippen molar-refractivity contribution in [2.24, 2.45) is 0 Å². The number of sulfonamides is 1. The first kappa shape index (κ1) is 31.0. The number of ether oxygens (including phenoxy) is 2. The molecule has 3 aromatic rings. The van der Waals surface area contributed by atoms with Gasteiger partial charge in [0.1, 0.15) is 18.4 Å². The molecule has 0 aliphatic heterocycles. The number of hydrogen-bond acceptors (Lipinski definition) is 6. The number of nitrogens with one attached hydrogen (secondary N) is 1. The molecule has 3 aromatic carbocycles. The predicted molar refractivity (Wildman–Crippen MR) is 151 cm³/mol. The number of amides is 2. The minimum Gasteiger partial charge on any atom is -0.493 e. The average molecular weight is 613 g/mol. The molecule has 40 heavy (non-hydrogen) atoms. The van der Waals surface area contributed by atoms with Crippen LogP contribution in [0.4, 0.5) is 10.1 Å². The molecule has 0 radical (unpaired) electrons. The molecule has 3 rings (SSSR count). The molecule has 0 unspecified atom stereocenters. The van der Waals surface area contributed by atoms with Gasteiger partial charge in [-0.25, -0.2) is 12.8 Å². The molecule has 0 fully saturated rings. The van der Waals surface area contributed by atoms with Crippen LogP contribution in [0.1, 0.15) is 12.5 Å². The Balaban J connectivity index is 2.08. The molecule has 2 amide bonds. The molecule has 0 heterocycles. The normalized spacial score (nSPS) is 11.9. The van der Waals surface area contributed by atoms with E-state index in [4.69, 9.17) is 32.7 Å². The van der Waals surface area contributed by atoms with Gasteiger partial charge in [-0.1, -0.05) is 29.3 Å². The number of anilines is 1. The Morgan fingerprint density at radius 1 is 0.975 bits per heavy atom. The molecule has 0 aliphatic carbocycles. The van der Waals surface area contributed by atoms with Crippen molar-refractivity contribution in [2.75, 3.05) is 32.1 Å². The summed E-state index contributed by atoms with van der Waals surface area (Å²) in [5, 5.41) is 3.14. The summed E-state index contributed by atoms with van der Waals surface area (Å²) in [4.78, 5) is 27.4. The molecule has 1 atom stereocenters. The number of carbonyl (C=O) groups is 2. The smallest absolute Gasteiger partial charge is 0.264 e. The summed E-state index contributed by atoms with van der Waals surface area (Å²) in [5.74, 6) is -1.33. The van der Waals surface area contributed by atoms with Crippen LogP contribution in [0.15, 0.2) is 65.6 Å². The van der Waals surface area contributed by atoms with E-state index in [9.17, 15) is 22.4 Å². The number of hydrogen-bond donors (Lipinski definition) is 1. The molecule has 0 saturated heterocycles. The van der Waals surface area contributed by atoms with Gasteiger partial charge in [0.25, 0.3) is 10.0 Å². The van der Waals surface area contributed by atoms with Gasteiger partial charge in [-0.05, 0) is 61.0 Å². The summed E-state index contributed by atoms with van der Waals surface area (Å²) in [6.07, 6.45) is 0. The fraction of sp³-hybridized carbons (Fsp3) is 0.259. The van der Waals surface area contributed by atoms with Gasteiger partial charge in [0.15, 0.2) is 11.5 Å². The monoisotopic (exact) mass is 611 g/mol. The van der Waals surface area contributed by atoms with Crippen molar-refractivity contribution in [3.63, 3.8) is 0 Å². The minimum atomic E-state index is -4.41. The molecular formula is C27H28Cl2FN3O6S. The van der Waals surface area contributed by atoms with Crippen molar-refractivity contribution in [2.45, 2.75) is 24.4 Å². The Bertz CT molecular complexity index is 1490. The van der Waals surface area contributed by atoms with Crippen LogP contribution in [0.5, 0.6) is 11.5 Å². The largest absolute Gasteiger partial charge is 0.493 e.